The number of nitrogens with one attached hydrogen (secondary N) is 1. The van der Waals surface area contributed by atoms with Gasteiger partial charge in [-0.3, -0.25) is 19.7 Å². The van der Waals surface area contributed by atoms with Crippen molar-refractivity contribution in [3.05, 3.63) is 41.5 Å². The van der Waals surface area contributed by atoms with Gasteiger partial charge in [0.2, 0.25) is 0 Å². The molecule has 1 unspecified atom stereocenters. The molecule has 2 amide bonds. The molecule has 132 valence electrons. The highest BCUT2D eigenvalue weighted by atomic mass is 16.2. The van der Waals surface area contributed by atoms with E-state index >= 15 is 0 Å². The minimum absolute atomic E-state index is 0.0548. The first-order valence-corrected chi connectivity index (χ1v) is 8.23. The topological polar surface area (TPSA) is 108 Å². The zero-order valence-electron chi connectivity index (χ0n) is 14.4. The number of aromatic amines is 1. The summed E-state index contributed by atoms with van der Waals surface area (Å²) in [5.74, 6) is -0.427. The highest BCUT2D eigenvalue weighted by Gasteiger charge is 2.27. The summed E-state index contributed by atoms with van der Waals surface area (Å²) in [6, 6.07) is 3.58. The number of amides is 2. The molecule has 3 N–H and O–H groups in total. The molecule has 8 nitrogen and oxygen atoms in total. The van der Waals surface area contributed by atoms with Gasteiger partial charge in [-0.2, -0.15) is 5.10 Å². The molecule has 1 aliphatic heterocycles. The molecule has 0 bridgehead atoms. The maximum atomic E-state index is 12.3. The van der Waals surface area contributed by atoms with Crippen LogP contribution in [0, 0.1) is 0 Å². The van der Waals surface area contributed by atoms with Crippen LogP contribution in [-0.2, 0) is 0 Å². The number of carbonyl (C=O) groups is 2. The third kappa shape index (κ3) is 3.47. The molecular weight excluding hydrogens is 320 g/mol. The fourth-order valence-corrected chi connectivity index (χ4v) is 3.22. The Bertz CT molecular complexity index is 785. The van der Waals surface area contributed by atoms with Gasteiger partial charge in [0.05, 0.1) is 17.5 Å². The van der Waals surface area contributed by atoms with Crippen LogP contribution in [0.15, 0.2) is 24.5 Å². The van der Waals surface area contributed by atoms with Gasteiger partial charge in [-0.05, 0) is 25.0 Å². The lowest BCUT2D eigenvalue weighted by Gasteiger charge is -2.34. The van der Waals surface area contributed by atoms with E-state index in [1.165, 1.54) is 0 Å². The van der Waals surface area contributed by atoms with Crippen LogP contribution in [-0.4, -0.2) is 59.1 Å². The van der Waals surface area contributed by atoms with Crippen LogP contribution in [0.5, 0.6) is 0 Å². The Balaban J connectivity index is 1.83. The number of nitrogens with zero attached hydrogens (tertiary/aromatic N) is 4. The molecule has 0 saturated carbocycles. The molecule has 1 aliphatic rings. The van der Waals surface area contributed by atoms with Gasteiger partial charge in [0.1, 0.15) is 5.69 Å². The molecule has 3 heterocycles. The number of nitrogens with two attached hydrogens (primary N) is 1. The van der Waals surface area contributed by atoms with Crippen LogP contribution >= 0.6 is 0 Å². The van der Waals surface area contributed by atoms with E-state index < -0.39 is 5.91 Å². The summed E-state index contributed by atoms with van der Waals surface area (Å²) in [7, 11) is 3.46. The molecular formula is C17H22N6O2. The van der Waals surface area contributed by atoms with Crippen LogP contribution in [0.1, 0.15) is 45.3 Å². The number of carbonyl (C=O) groups excluding carboxylic acids is 2. The fraction of sp³-hybridized carbons (Fsp3) is 0.412. The van der Waals surface area contributed by atoms with E-state index in [-0.39, 0.29) is 17.5 Å². The van der Waals surface area contributed by atoms with Crippen molar-refractivity contribution in [2.75, 3.05) is 32.1 Å². The van der Waals surface area contributed by atoms with Crippen molar-refractivity contribution in [3.8, 4) is 0 Å². The second-order valence-electron chi connectivity index (χ2n) is 6.45. The van der Waals surface area contributed by atoms with E-state index in [9.17, 15) is 9.59 Å². The lowest BCUT2D eigenvalue weighted by atomic mass is 9.92. The monoisotopic (exact) mass is 342 g/mol. The van der Waals surface area contributed by atoms with E-state index in [0.717, 1.165) is 37.3 Å². The molecule has 2 aromatic heterocycles. The highest BCUT2D eigenvalue weighted by molar-refractivity contribution is 5.95. The maximum absolute atomic E-state index is 12.3. The minimum atomic E-state index is -0.539. The van der Waals surface area contributed by atoms with Gasteiger partial charge in [0, 0.05) is 45.0 Å². The maximum Gasteiger partial charge on any atom is 0.267 e. The van der Waals surface area contributed by atoms with E-state index in [4.69, 9.17) is 5.73 Å². The average Bonchev–Trinajstić information content (AvgIpc) is 3.10. The normalized spacial score (nSPS) is 17.4. The number of hydrogen-bond donors (Lipinski definition) is 2. The summed E-state index contributed by atoms with van der Waals surface area (Å²) < 4.78 is 0. The van der Waals surface area contributed by atoms with Crippen LogP contribution in [0.4, 0.5) is 5.69 Å². The predicted octanol–water partition coefficient (Wildman–Crippen LogP) is 0.989. The lowest BCUT2D eigenvalue weighted by Crippen LogP contribution is -2.35. The molecule has 0 radical (unpaired) electrons. The number of hydrogen-bond acceptors (Lipinski definition) is 5. The Morgan fingerprint density at radius 3 is 2.92 bits per heavy atom. The summed E-state index contributed by atoms with van der Waals surface area (Å²) in [5, 5.41) is 7.08. The lowest BCUT2D eigenvalue weighted by molar-refractivity contribution is 0.0825. The van der Waals surface area contributed by atoms with Crippen molar-refractivity contribution >= 4 is 17.5 Å². The zero-order valence-corrected chi connectivity index (χ0v) is 14.4. The Labute approximate surface area is 146 Å². The third-order valence-corrected chi connectivity index (χ3v) is 4.50. The van der Waals surface area contributed by atoms with Gasteiger partial charge < -0.3 is 15.5 Å². The molecule has 0 aliphatic carbocycles. The second kappa shape index (κ2) is 6.92. The van der Waals surface area contributed by atoms with Gasteiger partial charge in [-0.1, -0.05) is 0 Å². The molecule has 1 saturated heterocycles. The smallest absolute Gasteiger partial charge is 0.267 e. The van der Waals surface area contributed by atoms with Gasteiger partial charge in [-0.15, -0.1) is 0 Å². The quantitative estimate of drug-likeness (QED) is 0.861. The van der Waals surface area contributed by atoms with Crippen molar-refractivity contribution in [2.24, 2.45) is 5.73 Å². The van der Waals surface area contributed by atoms with Crippen LogP contribution in [0.2, 0.25) is 0 Å². The van der Waals surface area contributed by atoms with Crippen LogP contribution in [0.25, 0.3) is 0 Å². The van der Waals surface area contributed by atoms with Crippen LogP contribution in [0.3, 0.4) is 0 Å². The second-order valence-corrected chi connectivity index (χ2v) is 6.45. The Morgan fingerprint density at radius 2 is 2.20 bits per heavy atom. The molecule has 2 aromatic rings. The van der Waals surface area contributed by atoms with Gasteiger partial charge in [-0.25, -0.2) is 0 Å². The third-order valence-electron chi connectivity index (χ3n) is 4.50. The molecule has 0 spiro atoms. The number of rotatable bonds is 4. The number of H-pyrrole nitrogens is 1. The number of pyridine rings is 1. The summed E-state index contributed by atoms with van der Waals surface area (Å²) in [4.78, 5) is 31.4. The first-order chi connectivity index (χ1) is 12.0. The summed E-state index contributed by atoms with van der Waals surface area (Å²) in [6.45, 7) is 1.61. The van der Waals surface area contributed by atoms with E-state index in [2.05, 4.69) is 20.1 Å². The van der Waals surface area contributed by atoms with Crippen LogP contribution < -0.4 is 10.6 Å². The van der Waals surface area contributed by atoms with E-state index in [0.29, 0.717) is 5.56 Å². The van der Waals surface area contributed by atoms with Crippen molar-refractivity contribution in [3.63, 3.8) is 0 Å². The van der Waals surface area contributed by atoms with Gasteiger partial charge >= 0.3 is 0 Å². The number of primary amides is 1. The first kappa shape index (κ1) is 16.9. The molecule has 25 heavy (non-hydrogen) atoms. The highest BCUT2D eigenvalue weighted by Crippen LogP contribution is 2.31. The number of aromatic nitrogens is 3. The largest absolute Gasteiger partial charge is 0.371 e. The van der Waals surface area contributed by atoms with Gasteiger partial charge in [0.15, 0.2) is 0 Å². The average molecular weight is 342 g/mol. The summed E-state index contributed by atoms with van der Waals surface area (Å²) in [6.07, 6.45) is 5.14. The molecule has 1 atom stereocenters. The molecule has 3 rings (SSSR count). The SMILES string of the molecule is CN(C)C(=O)c1cn[nH]c1C1CCCN(c2ccnc(C(N)=O)c2)C1. The molecule has 8 heteroatoms. The van der Waals surface area contributed by atoms with E-state index in [1.54, 1.807) is 37.5 Å². The Kier molecular flexibility index (Phi) is 4.69. The Morgan fingerprint density at radius 1 is 1.40 bits per heavy atom. The Hall–Kier alpha value is -2.90. The molecule has 1 fully saturated rings. The fourth-order valence-electron chi connectivity index (χ4n) is 3.22. The standard InChI is InChI=1S/C17H22N6O2/c1-22(2)17(25)13-9-20-21-15(13)11-4-3-7-23(10-11)12-5-6-19-14(8-12)16(18)24/h5-6,8-9,11H,3-4,7,10H2,1-2H3,(H2,18,24)(H,20,21). The van der Waals surface area contributed by atoms with Gasteiger partial charge in [0.25, 0.3) is 11.8 Å². The molecule has 0 aromatic carbocycles. The minimum Gasteiger partial charge on any atom is -0.371 e. The van der Waals surface area contributed by atoms with E-state index in [1.807, 2.05) is 6.07 Å². The predicted molar refractivity (Wildman–Crippen MR) is 93.5 cm³/mol. The zero-order chi connectivity index (χ0) is 18.0. The van der Waals surface area contributed by atoms with Crippen molar-refractivity contribution in [2.45, 2.75) is 18.8 Å². The first-order valence-electron chi connectivity index (χ1n) is 8.23. The van der Waals surface area contributed by atoms with Crippen molar-refractivity contribution < 1.29 is 9.59 Å². The summed E-state index contributed by atoms with van der Waals surface area (Å²) >= 11 is 0. The summed E-state index contributed by atoms with van der Waals surface area (Å²) in [5.41, 5.74) is 7.97. The van der Waals surface area contributed by atoms with Crippen molar-refractivity contribution in [1.82, 2.24) is 20.1 Å². The number of anilines is 1. The van der Waals surface area contributed by atoms with Crippen molar-refractivity contribution in [1.29, 1.82) is 0 Å². The number of piperidine rings is 1.